The molecule has 15 heteroatoms. The molecule has 0 saturated heterocycles. The molecule has 0 amide bonds. The predicted octanol–water partition coefficient (Wildman–Crippen LogP) is -2.58. The van der Waals surface area contributed by atoms with Crippen LogP contribution in [0, 0.1) is 0 Å². The molecular weight excluding hydrogens is 351 g/mol. The number of nitrogens with zero attached hydrogens (tertiary/aromatic N) is 4. The van der Waals surface area contributed by atoms with Gasteiger partial charge in [-0.25, -0.2) is 26.8 Å². The van der Waals surface area contributed by atoms with Crippen molar-refractivity contribution in [3.63, 3.8) is 0 Å². The second-order valence-electron chi connectivity index (χ2n) is 2.49. The van der Waals surface area contributed by atoms with Gasteiger partial charge in [-0.1, -0.05) is 0 Å². The third-order valence-corrected chi connectivity index (χ3v) is 2.60. The van der Waals surface area contributed by atoms with E-state index in [9.17, 15) is 25.9 Å². The van der Waals surface area contributed by atoms with E-state index in [-0.39, 0.29) is 16.5 Å². The third kappa shape index (κ3) is 5.84. The summed E-state index contributed by atoms with van der Waals surface area (Å²) in [5.41, 5.74) is 0. The van der Waals surface area contributed by atoms with Crippen LogP contribution in [0.5, 0.6) is 0 Å². The predicted molar refractivity (Wildman–Crippen MR) is 48.7 cm³/mol. The van der Waals surface area contributed by atoms with E-state index >= 15 is 0 Å². The first-order valence-corrected chi connectivity index (χ1v) is 6.65. The molecule has 2 rings (SSSR count). The molecule has 0 saturated carbocycles. The normalized spacial score (nSPS) is 11.1. The molecule has 0 aliphatic heterocycles. The van der Waals surface area contributed by atoms with Crippen molar-refractivity contribution < 1.29 is 42.4 Å². The van der Waals surface area contributed by atoms with E-state index in [1.54, 1.807) is 0 Å². The van der Waals surface area contributed by atoms with Crippen LogP contribution in [0.15, 0.2) is 23.0 Å². The molecule has 19 heavy (non-hydrogen) atoms. The Morgan fingerprint density at radius 3 is 1.26 bits per heavy atom. The van der Waals surface area contributed by atoms with Gasteiger partial charge < -0.3 is 9.11 Å². The van der Waals surface area contributed by atoms with Crippen LogP contribution in [0.2, 0.25) is 0 Å². The van der Waals surface area contributed by atoms with Crippen molar-refractivity contribution in [2.45, 2.75) is 10.3 Å². The van der Waals surface area contributed by atoms with E-state index in [1.165, 1.54) is 0 Å². The quantitative estimate of drug-likeness (QED) is 0.426. The molecule has 108 valence electrons. The maximum absolute atomic E-state index is 10.0. The standard InChI is InChI=1S/2C2H3N3O3S.Ni/c2*6-9(7,8)2-3-1-4-5-2;/h2*1H,(H,3,4,5)(H,6,7,8);/q;;+2/p-2. The maximum atomic E-state index is 10.0. The van der Waals surface area contributed by atoms with Crippen LogP contribution in [0.3, 0.4) is 0 Å². The van der Waals surface area contributed by atoms with Crippen molar-refractivity contribution in [1.82, 2.24) is 30.4 Å². The van der Waals surface area contributed by atoms with E-state index < -0.39 is 30.5 Å². The van der Waals surface area contributed by atoms with Crippen LogP contribution >= 0.6 is 0 Å². The molecule has 0 radical (unpaired) electrons. The van der Waals surface area contributed by atoms with Crippen molar-refractivity contribution >= 4 is 20.2 Å². The number of hydrogen-bond acceptors (Lipinski definition) is 10. The molecule has 2 heterocycles. The van der Waals surface area contributed by atoms with E-state index in [4.69, 9.17) is 0 Å². The van der Waals surface area contributed by atoms with E-state index in [2.05, 4.69) is 20.2 Å². The van der Waals surface area contributed by atoms with Crippen molar-refractivity contribution in [1.29, 1.82) is 0 Å². The van der Waals surface area contributed by atoms with Gasteiger partial charge in [0.05, 0.1) is 0 Å². The molecule has 12 nitrogen and oxygen atoms in total. The van der Waals surface area contributed by atoms with E-state index in [0.717, 1.165) is 12.7 Å². The van der Waals surface area contributed by atoms with Crippen LogP contribution in [0.4, 0.5) is 0 Å². The first-order chi connectivity index (χ1) is 8.21. The van der Waals surface area contributed by atoms with Gasteiger partial charge in [0.25, 0.3) is 0 Å². The maximum Gasteiger partial charge on any atom is 2.00 e. The van der Waals surface area contributed by atoms with Crippen molar-refractivity contribution in [2.75, 3.05) is 0 Å². The first-order valence-electron chi connectivity index (χ1n) is 3.84. The zero-order chi connectivity index (χ0) is 13.8. The topological polar surface area (TPSA) is 198 Å². The SMILES string of the molecule is O=S(=O)([O-])c1ncn[nH]1.O=S(=O)([O-])c1ncn[nH]1.[Ni+2]. The molecule has 0 aliphatic carbocycles. The number of hydrogen-bond donors (Lipinski definition) is 2. The summed E-state index contributed by atoms with van der Waals surface area (Å²) in [5, 5.41) is 8.88. The minimum atomic E-state index is -4.44. The van der Waals surface area contributed by atoms with Gasteiger partial charge in [0.1, 0.15) is 12.7 Å². The van der Waals surface area contributed by atoms with E-state index in [1.807, 2.05) is 10.2 Å². The van der Waals surface area contributed by atoms with Gasteiger partial charge in [0.2, 0.25) is 10.3 Å². The second kappa shape index (κ2) is 6.67. The number of aromatic amines is 2. The van der Waals surface area contributed by atoms with Crippen LogP contribution in [0.1, 0.15) is 0 Å². The minimum Gasteiger partial charge on any atom is -0.742 e. The molecule has 0 unspecified atom stereocenters. The number of rotatable bonds is 2. The minimum absolute atomic E-state index is 0. The Hall–Kier alpha value is -1.41. The summed E-state index contributed by atoms with van der Waals surface area (Å²) in [5.74, 6) is 0. The van der Waals surface area contributed by atoms with Crippen molar-refractivity contribution in [3.05, 3.63) is 12.7 Å². The molecule has 2 aromatic heterocycles. The second-order valence-corrected chi connectivity index (χ2v) is 5.08. The Morgan fingerprint density at radius 1 is 0.842 bits per heavy atom. The summed E-state index contributed by atoms with van der Waals surface area (Å²) in [6.45, 7) is 0. The zero-order valence-corrected chi connectivity index (χ0v) is 11.1. The Morgan fingerprint density at radius 2 is 1.16 bits per heavy atom. The molecule has 0 fully saturated rings. The molecule has 2 N–H and O–H groups in total. The molecule has 0 bridgehead atoms. The van der Waals surface area contributed by atoms with Gasteiger partial charge in [0.15, 0.2) is 20.2 Å². The first kappa shape index (κ1) is 17.6. The fourth-order valence-electron chi connectivity index (χ4n) is 0.629. The van der Waals surface area contributed by atoms with Gasteiger partial charge in [-0.2, -0.15) is 10.2 Å². The fourth-order valence-corrected chi connectivity index (χ4v) is 1.31. The summed E-state index contributed by atoms with van der Waals surface area (Å²) in [4.78, 5) is 6.24. The Balaban J connectivity index is 0.000000324. The van der Waals surface area contributed by atoms with Gasteiger partial charge in [0, 0.05) is 0 Å². The van der Waals surface area contributed by atoms with E-state index in [0.29, 0.717) is 0 Å². The van der Waals surface area contributed by atoms with Crippen LogP contribution in [0.25, 0.3) is 0 Å². The zero-order valence-electron chi connectivity index (χ0n) is 8.53. The summed E-state index contributed by atoms with van der Waals surface area (Å²) in [6, 6.07) is 0. The monoisotopic (exact) mass is 354 g/mol. The summed E-state index contributed by atoms with van der Waals surface area (Å²) in [6.07, 6.45) is 1.90. The number of H-pyrrole nitrogens is 2. The van der Waals surface area contributed by atoms with Crippen LogP contribution < -0.4 is 0 Å². The molecule has 0 atom stereocenters. The summed E-state index contributed by atoms with van der Waals surface area (Å²) < 4.78 is 60.0. The average Bonchev–Trinajstić information content (AvgIpc) is 2.91. The van der Waals surface area contributed by atoms with Crippen molar-refractivity contribution in [2.24, 2.45) is 0 Å². The largest absolute Gasteiger partial charge is 2.00 e. The van der Waals surface area contributed by atoms with Gasteiger partial charge in [-0.3, -0.25) is 10.2 Å². The molecular formula is C4H4N6NiO6S2. The Kier molecular flexibility index (Phi) is 6.18. The van der Waals surface area contributed by atoms with Gasteiger partial charge >= 0.3 is 16.5 Å². The van der Waals surface area contributed by atoms with Crippen LogP contribution in [-0.2, 0) is 36.7 Å². The van der Waals surface area contributed by atoms with Crippen LogP contribution in [-0.4, -0.2) is 56.3 Å². The number of nitrogens with one attached hydrogen (secondary N) is 2. The van der Waals surface area contributed by atoms with Crippen molar-refractivity contribution in [3.8, 4) is 0 Å². The molecule has 0 aliphatic rings. The average molecular weight is 355 g/mol. The molecule has 0 spiro atoms. The number of aromatic nitrogens is 6. The Labute approximate surface area is 116 Å². The third-order valence-electron chi connectivity index (χ3n) is 1.26. The van der Waals surface area contributed by atoms with Gasteiger partial charge in [-0.15, -0.1) is 0 Å². The van der Waals surface area contributed by atoms with Gasteiger partial charge in [-0.05, 0) is 0 Å². The molecule has 2 aromatic rings. The smallest absolute Gasteiger partial charge is 0.742 e. The Bertz CT molecular complexity index is 616. The molecule has 0 aromatic carbocycles. The fraction of sp³-hybridized carbons (Fsp3) is 0. The summed E-state index contributed by atoms with van der Waals surface area (Å²) >= 11 is 0. The summed E-state index contributed by atoms with van der Waals surface area (Å²) in [7, 11) is -8.88.